The highest BCUT2D eigenvalue weighted by molar-refractivity contribution is 5.56. The topological polar surface area (TPSA) is 62.4 Å². The average molecular weight is 366 g/mol. The molecule has 1 atom stereocenters. The van der Waals surface area contributed by atoms with Crippen LogP contribution in [0.1, 0.15) is 23.1 Å². The van der Waals surface area contributed by atoms with Gasteiger partial charge >= 0.3 is 0 Å². The van der Waals surface area contributed by atoms with Gasteiger partial charge in [0.2, 0.25) is 0 Å². The zero-order valence-corrected chi connectivity index (χ0v) is 15.9. The van der Waals surface area contributed by atoms with E-state index in [0.717, 1.165) is 44.0 Å². The Hall–Kier alpha value is -2.64. The van der Waals surface area contributed by atoms with Gasteiger partial charge < -0.3 is 14.6 Å². The van der Waals surface area contributed by atoms with Crippen molar-refractivity contribution in [1.82, 2.24) is 24.2 Å². The molecule has 0 spiro atoms. The number of para-hydroxylation sites is 1. The maximum Gasteiger partial charge on any atom is 0.142 e. The summed E-state index contributed by atoms with van der Waals surface area (Å²) in [6.07, 6.45) is 6.86. The quantitative estimate of drug-likeness (QED) is 0.742. The Kier molecular flexibility index (Phi) is 4.96. The van der Waals surface area contributed by atoms with Crippen molar-refractivity contribution < 1.29 is 5.11 Å². The van der Waals surface area contributed by atoms with Crippen LogP contribution >= 0.6 is 0 Å². The highest BCUT2D eigenvalue weighted by atomic mass is 16.3. The molecular weight excluding hydrogens is 340 g/mol. The molecule has 4 rings (SSSR count). The van der Waals surface area contributed by atoms with Crippen molar-refractivity contribution in [2.24, 2.45) is 14.1 Å². The van der Waals surface area contributed by atoms with Crippen LogP contribution < -0.4 is 4.90 Å². The van der Waals surface area contributed by atoms with Crippen molar-refractivity contribution in [2.75, 3.05) is 31.1 Å². The van der Waals surface area contributed by atoms with Gasteiger partial charge in [0, 0.05) is 82.2 Å². The molecule has 7 nitrogen and oxygen atoms in total. The van der Waals surface area contributed by atoms with Gasteiger partial charge in [-0.2, -0.15) is 5.10 Å². The second kappa shape index (κ2) is 7.54. The van der Waals surface area contributed by atoms with E-state index in [2.05, 4.69) is 32.1 Å². The molecule has 1 saturated heterocycles. The van der Waals surface area contributed by atoms with E-state index in [0.29, 0.717) is 5.82 Å². The molecule has 7 heteroatoms. The van der Waals surface area contributed by atoms with Gasteiger partial charge in [0.1, 0.15) is 11.9 Å². The molecule has 1 fully saturated rings. The van der Waals surface area contributed by atoms with E-state index in [1.807, 2.05) is 53.9 Å². The van der Waals surface area contributed by atoms with Crippen molar-refractivity contribution in [2.45, 2.75) is 12.6 Å². The standard InChI is InChI=1S/C20H26N6O/c1-23-8-7-21-20(23)19(27)17-5-3-4-6-18(17)26-11-9-25(10-12-26)15-16-13-22-24(2)14-16/h3-8,13-14,19,27H,9-12,15H2,1-2H3/t19-/m0/s1. The predicted octanol–water partition coefficient (Wildman–Crippen LogP) is 1.56. The Morgan fingerprint density at radius 3 is 2.56 bits per heavy atom. The van der Waals surface area contributed by atoms with Crippen molar-refractivity contribution >= 4 is 5.69 Å². The first-order chi connectivity index (χ1) is 13.1. The number of nitrogens with zero attached hydrogens (tertiary/aromatic N) is 6. The molecule has 0 amide bonds. The summed E-state index contributed by atoms with van der Waals surface area (Å²) in [7, 11) is 3.86. The second-order valence-electron chi connectivity index (χ2n) is 7.14. The lowest BCUT2D eigenvalue weighted by atomic mass is 10.0. The molecule has 0 aliphatic carbocycles. The number of hydrogen-bond donors (Lipinski definition) is 1. The first-order valence-electron chi connectivity index (χ1n) is 9.31. The number of piperazine rings is 1. The van der Waals surface area contributed by atoms with E-state index in [-0.39, 0.29) is 0 Å². The minimum atomic E-state index is -0.727. The van der Waals surface area contributed by atoms with Crippen molar-refractivity contribution in [1.29, 1.82) is 0 Å². The number of benzene rings is 1. The van der Waals surface area contributed by atoms with Crippen molar-refractivity contribution in [3.8, 4) is 0 Å². The molecule has 1 aliphatic heterocycles. The number of aliphatic hydroxyl groups excluding tert-OH is 1. The van der Waals surface area contributed by atoms with Crippen LogP contribution in [0.2, 0.25) is 0 Å². The normalized spacial score (nSPS) is 16.6. The molecule has 142 valence electrons. The molecule has 0 bridgehead atoms. The number of hydrogen-bond acceptors (Lipinski definition) is 5. The van der Waals surface area contributed by atoms with Crippen LogP contribution in [0.3, 0.4) is 0 Å². The van der Waals surface area contributed by atoms with Crippen LogP contribution in [0.25, 0.3) is 0 Å². The summed E-state index contributed by atoms with van der Waals surface area (Å²) in [5, 5.41) is 15.1. The van der Waals surface area contributed by atoms with Gasteiger partial charge in [-0.15, -0.1) is 0 Å². The van der Waals surface area contributed by atoms with Gasteiger partial charge in [-0.05, 0) is 6.07 Å². The predicted molar refractivity (Wildman–Crippen MR) is 104 cm³/mol. The summed E-state index contributed by atoms with van der Waals surface area (Å²) in [4.78, 5) is 9.13. The number of anilines is 1. The second-order valence-corrected chi connectivity index (χ2v) is 7.14. The van der Waals surface area contributed by atoms with Gasteiger partial charge in [0.25, 0.3) is 0 Å². The molecule has 2 aromatic heterocycles. The Labute approximate surface area is 159 Å². The fourth-order valence-corrected chi connectivity index (χ4v) is 3.75. The molecule has 0 unspecified atom stereocenters. The third-order valence-corrected chi connectivity index (χ3v) is 5.21. The van der Waals surface area contributed by atoms with E-state index >= 15 is 0 Å². The van der Waals surface area contributed by atoms with Crippen molar-refractivity contribution in [3.05, 3.63) is 66.0 Å². The molecule has 1 aromatic carbocycles. The van der Waals surface area contributed by atoms with Crippen LogP contribution in [0, 0.1) is 0 Å². The number of aryl methyl sites for hydroxylation is 2. The Bertz CT molecular complexity index is 893. The summed E-state index contributed by atoms with van der Waals surface area (Å²) >= 11 is 0. The molecule has 1 aliphatic rings. The summed E-state index contributed by atoms with van der Waals surface area (Å²) in [6, 6.07) is 8.10. The third-order valence-electron chi connectivity index (χ3n) is 5.21. The van der Waals surface area contributed by atoms with E-state index in [4.69, 9.17) is 0 Å². The third kappa shape index (κ3) is 3.74. The average Bonchev–Trinajstić information content (AvgIpc) is 3.30. The van der Waals surface area contributed by atoms with Crippen LogP contribution in [-0.2, 0) is 20.6 Å². The van der Waals surface area contributed by atoms with E-state index < -0.39 is 6.10 Å². The summed E-state index contributed by atoms with van der Waals surface area (Å²) in [5.74, 6) is 0.665. The van der Waals surface area contributed by atoms with Gasteiger partial charge in [-0.3, -0.25) is 9.58 Å². The van der Waals surface area contributed by atoms with Crippen molar-refractivity contribution in [3.63, 3.8) is 0 Å². The van der Waals surface area contributed by atoms with Gasteiger partial charge in [0.05, 0.1) is 6.20 Å². The number of imidazole rings is 1. The summed E-state index contributed by atoms with van der Waals surface area (Å²) in [6.45, 7) is 4.78. The highest BCUT2D eigenvalue weighted by Gasteiger charge is 2.24. The Morgan fingerprint density at radius 1 is 1.11 bits per heavy atom. The SMILES string of the molecule is Cn1cc(CN2CCN(c3ccccc3[C@H](O)c3nccn3C)CC2)cn1. The minimum Gasteiger partial charge on any atom is -0.380 e. The zero-order chi connectivity index (χ0) is 18.8. The summed E-state index contributed by atoms with van der Waals surface area (Å²) in [5.41, 5.74) is 3.25. The molecule has 27 heavy (non-hydrogen) atoms. The number of aliphatic hydroxyl groups is 1. The van der Waals surface area contributed by atoms with Crippen LogP contribution in [0.4, 0.5) is 5.69 Å². The minimum absolute atomic E-state index is 0.665. The fourth-order valence-electron chi connectivity index (χ4n) is 3.75. The van der Waals surface area contributed by atoms with E-state index in [1.165, 1.54) is 5.56 Å². The zero-order valence-electron chi connectivity index (χ0n) is 15.9. The fraction of sp³-hybridized carbons (Fsp3) is 0.400. The first kappa shape index (κ1) is 17.8. The lowest BCUT2D eigenvalue weighted by molar-refractivity contribution is 0.205. The lowest BCUT2D eigenvalue weighted by Gasteiger charge is -2.37. The monoisotopic (exact) mass is 366 g/mol. The molecule has 0 radical (unpaired) electrons. The Morgan fingerprint density at radius 2 is 1.89 bits per heavy atom. The first-order valence-corrected chi connectivity index (χ1v) is 9.31. The molecule has 3 aromatic rings. The molecule has 0 saturated carbocycles. The highest BCUT2D eigenvalue weighted by Crippen LogP contribution is 2.30. The van der Waals surface area contributed by atoms with E-state index in [1.54, 1.807) is 6.20 Å². The Balaban J connectivity index is 1.46. The maximum atomic E-state index is 10.9. The van der Waals surface area contributed by atoms with Crippen LogP contribution in [-0.4, -0.2) is 55.5 Å². The van der Waals surface area contributed by atoms with Crippen LogP contribution in [0.15, 0.2) is 49.1 Å². The smallest absolute Gasteiger partial charge is 0.142 e. The number of aromatic nitrogens is 4. The van der Waals surface area contributed by atoms with Gasteiger partial charge in [0.15, 0.2) is 0 Å². The van der Waals surface area contributed by atoms with Gasteiger partial charge in [-0.1, -0.05) is 18.2 Å². The summed E-state index contributed by atoms with van der Waals surface area (Å²) < 4.78 is 3.72. The van der Waals surface area contributed by atoms with Gasteiger partial charge in [-0.25, -0.2) is 4.98 Å². The molecule has 1 N–H and O–H groups in total. The molecule has 3 heterocycles. The lowest BCUT2D eigenvalue weighted by Crippen LogP contribution is -2.46. The largest absolute Gasteiger partial charge is 0.380 e. The molecular formula is C20H26N6O. The van der Waals surface area contributed by atoms with Crippen LogP contribution in [0.5, 0.6) is 0 Å². The number of rotatable bonds is 5. The maximum absolute atomic E-state index is 10.9. The van der Waals surface area contributed by atoms with E-state index in [9.17, 15) is 5.11 Å².